The van der Waals surface area contributed by atoms with Gasteiger partial charge in [-0.05, 0) is 33.2 Å². The average molecular weight is 339 g/mol. The zero-order valence-electron chi connectivity index (χ0n) is 14.5. The van der Waals surface area contributed by atoms with Gasteiger partial charge in [0, 0.05) is 12.1 Å². The third-order valence-corrected chi connectivity index (χ3v) is 4.09. The highest BCUT2D eigenvalue weighted by Gasteiger charge is 2.24. The molecule has 1 N–H and O–H groups in total. The number of amides is 1. The van der Waals surface area contributed by atoms with E-state index in [1.807, 2.05) is 61.5 Å². The molecule has 6 nitrogen and oxygen atoms in total. The minimum absolute atomic E-state index is 0.0562. The first-order chi connectivity index (χ1) is 12.1. The molecular weight excluding hydrogens is 318 g/mol. The fourth-order valence-electron chi connectivity index (χ4n) is 2.73. The number of hydrogen-bond donors (Lipinski definition) is 1. The van der Waals surface area contributed by atoms with Crippen LogP contribution in [0, 0.1) is 6.92 Å². The summed E-state index contributed by atoms with van der Waals surface area (Å²) in [6, 6.07) is 13.2. The lowest BCUT2D eigenvalue weighted by molar-refractivity contribution is 0.0938. The lowest BCUT2D eigenvalue weighted by Crippen LogP contribution is -2.34. The van der Waals surface area contributed by atoms with Crippen LogP contribution in [0.2, 0.25) is 0 Å². The van der Waals surface area contributed by atoms with Crippen molar-refractivity contribution >= 4 is 5.91 Å². The molecule has 1 unspecified atom stereocenters. The molecular formula is C19H21N3O3. The fourth-order valence-corrected chi connectivity index (χ4v) is 2.73. The van der Waals surface area contributed by atoms with E-state index in [1.54, 1.807) is 13.2 Å². The molecule has 1 aromatic carbocycles. The normalized spacial score (nSPS) is 12.3. The maximum Gasteiger partial charge on any atom is 0.257 e. The Kier molecular flexibility index (Phi) is 5.00. The van der Waals surface area contributed by atoms with Gasteiger partial charge < -0.3 is 14.3 Å². The third kappa shape index (κ3) is 3.64. The number of furan rings is 1. The van der Waals surface area contributed by atoms with Gasteiger partial charge in [-0.25, -0.2) is 0 Å². The van der Waals surface area contributed by atoms with Crippen LogP contribution in [-0.4, -0.2) is 36.6 Å². The molecule has 0 bridgehead atoms. The van der Waals surface area contributed by atoms with Crippen molar-refractivity contribution in [1.29, 1.82) is 0 Å². The third-order valence-electron chi connectivity index (χ3n) is 4.09. The number of likely N-dealkylation sites (N-methyl/N-ethyl adjacent to an activating group) is 1. The SMILES string of the molecule is Cc1onc(-c2ccccc2)c1C(=O)NCC(c1ccco1)N(C)C. The molecule has 0 saturated carbocycles. The van der Waals surface area contributed by atoms with Crippen LogP contribution >= 0.6 is 0 Å². The smallest absolute Gasteiger partial charge is 0.257 e. The summed E-state index contributed by atoms with van der Waals surface area (Å²) >= 11 is 0. The molecule has 0 aliphatic rings. The first-order valence-corrected chi connectivity index (χ1v) is 8.07. The zero-order chi connectivity index (χ0) is 17.8. The second-order valence-electron chi connectivity index (χ2n) is 6.03. The van der Waals surface area contributed by atoms with E-state index in [4.69, 9.17) is 8.94 Å². The van der Waals surface area contributed by atoms with Crippen LogP contribution in [0.5, 0.6) is 0 Å². The summed E-state index contributed by atoms with van der Waals surface area (Å²) in [6.07, 6.45) is 1.63. The predicted octanol–water partition coefficient (Wildman–Crippen LogP) is 3.28. The van der Waals surface area contributed by atoms with E-state index in [0.29, 0.717) is 23.6 Å². The molecule has 0 radical (unpaired) electrons. The summed E-state index contributed by atoms with van der Waals surface area (Å²) in [5.74, 6) is 1.09. The molecule has 0 aliphatic heterocycles. The number of aromatic nitrogens is 1. The van der Waals surface area contributed by atoms with Gasteiger partial charge in [0.1, 0.15) is 22.8 Å². The number of rotatable bonds is 6. The van der Waals surface area contributed by atoms with Gasteiger partial charge in [0.15, 0.2) is 0 Å². The zero-order valence-corrected chi connectivity index (χ0v) is 14.5. The quantitative estimate of drug-likeness (QED) is 0.746. The molecule has 1 atom stereocenters. The van der Waals surface area contributed by atoms with E-state index in [0.717, 1.165) is 11.3 Å². The van der Waals surface area contributed by atoms with E-state index in [1.165, 1.54) is 0 Å². The highest BCUT2D eigenvalue weighted by molar-refractivity contribution is 6.00. The molecule has 3 aromatic rings. The van der Waals surface area contributed by atoms with E-state index >= 15 is 0 Å². The Morgan fingerprint density at radius 1 is 1.20 bits per heavy atom. The Morgan fingerprint density at radius 3 is 2.60 bits per heavy atom. The molecule has 1 amide bonds. The van der Waals surface area contributed by atoms with E-state index in [2.05, 4.69) is 10.5 Å². The van der Waals surface area contributed by atoms with Gasteiger partial charge in [-0.1, -0.05) is 35.5 Å². The Bertz CT molecular complexity index is 823. The van der Waals surface area contributed by atoms with Gasteiger partial charge in [0.25, 0.3) is 5.91 Å². The van der Waals surface area contributed by atoms with Crippen molar-refractivity contribution < 1.29 is 13.7 Å². The Morgan fingerprint density at radius 2 is 1.96 bits per heavy atom. The number of nitrogens with zero attached hydrogens (tertiary/aromatic N) is 2. The Balaban J connectivity index is 1.79. The molecule has 6 heteroatoms. The highest BCUT2D eigenvalue weighted by Crippen LogP contribution is 2.25. The van der Waals surface area contributed by atoms with Crippen molar-refractivity contribution in [2.24, 2.45) is 0 Å². The number of benzene rings is 1. The number of aryl methyl sites for hydroxylation is 1. The van der Waals surface area contributed by atoms with Crippen molar-refractivity contribution in [3.63, 3.8) is 0 Å². The van der Waals surface area contributed by atoms with E-state index < -0.39 is 0 Å². The largest absolute Gasteiger partial charge is 0.468 e. The van der Waals surface area contributed by atoms with Gasteiger partial charge in [0.2, 0.25) is 0 Å². The minimum atomic E-state index is -0.212. The van der Waals surface area contributed by atoms with Crippen LogP contribution in [0.15, 0.2) is 57.7 Å². The van der Waals surface area contributed by atoms with Crippen molar-refractivity contribution in [2.75, 3.05) is 20.6 Å². The monoisotopic (exact) mass is 339 g/mol. The molecule has 0 spiro atoms. The highest BCUT2D eigenvalue weighted by atomic mass is 16.5. The van der Waals surface area contributed by atoms with Crippen LogP contribution in [0.3, 0.4) is 0 Å². The van der Waals surface area contributed by atoms with Gasteiger partial charge in [-0.3, -0.25) is 9.69 Å². The molecule has 2 aromatic heterocycles. The van der Waals surface area contributed by atoms with Gasteiger partial charge in [0.05, 0.1) is 12.3 Å². The summed E-state index contributed by atoms with van der Waals surface area (Å²) in [6.45, 7) is 2.16. The van der Waals surface area contributed by atoms with Crippen LogP contribution in [0.4, 0.5) is 0 Å². The minimum Gasteiger partial charge on any atom is -0.468 e. The summed E-state index contributed by atoms with van der Waals surface area (Å²) in [5, 5.41) is 7.02. The number of hydrogen-bond acceptors (Lipinski definition) is 5. The van der Waals surface area contributed by atoms with E-state index in [-0.39, 0.29) is 11.9 Å². The predicted molar refractivity (Wildman–Crippen MR) is 94.1 cm³/mol. The van der Waals surface area contributed by atoms with Crippen LogP contribution < -0.4 is 5.32 Å². The van der Waals surface area contributed by atoms with Gasteiger partial charge in [-0.2, -0.15) is 0 Å². The maximum atomic E-state index is 12.8. The molecule has 0 saturated heterocycles. The lowest BCUT2D eigenvalue weighted by atomic mass is 10.1. The number of carbonyl (C=O) groups excluding carboxylic acids is 1. The standard InChI is InChI=1S/C19H21N3O3/c1-13-17(18(21-25-13)14-8-5-4-6-9-14)19(23)20-12-15(22(2)3)16-10-7-11-24-16/h4-11,15H,12H2,1-3H3,(H,20,23). The fraction of sp³-hybridized carbons (Fsp3) is 0.263. The van der Waals surface area contributed by atoms with Crippen LogP contribution in [0.1, 0.15) is 27.9 Å². The Labute approximate surface area is 146 Å². The topological polar surface area (TPSA) is 71.5 Å². The molecule has 25 heavy (non-hydrogen) atoms. The summed E-state index contributed by atoms with van der Waals surface area (Å²) < 4.78 is 10.7. The summed E-state index contributed by atoms with van der Waals surface area (Å²) in [4.78, 5) is 14.8. The maximum absolute atomic E-state index is 12.8. The van der Waals surface area contributed by atoms with Crippen molar-refractivity contribution in [3.05, 3.63) is 65.8 Å². The van der Waals surface area contributed by atoms with Crippen molar-refractivity contribution in [2.45, 2.75) is 13.0 Å². The molecule has 0 fully saturated rings. The van der Waals surface area contributed by atoms with Crippen LogP contribution in [-0.2, 0) is 0 Å². The summed E-state index contributed by atoms with van der Waals surface area (Å²) in [7, 11) is 3.89. The second-order valence-corrected chi connectivity index (χ2v) is 6.03. The second kappa shape index (κ2) is 7.36. The number of nitrogens with one attached hydrogen (secondary N) is 1. The molecule has 0 aliphatic carbocycles. The Hall–Kier alpha value is -2.86. The first-order valence-electron chi connectivity index (χ1n) is 8.07. The van der Waals surface area contributed by atoms with Gasteiger partial charge >= 0.3 is 0 Å². The van der Waals surface area contributed by atoms with Crippen molar-refractivity contribution in [1.82, 2.24) is 15.4 Å². The average Bonchev–Trinajstić information content (AvgIpc) is 3.25. The molecule has 3 rings (SSSR count). The first kappa shape index (κ1) is 17.0. The lowest BCUT2D eigenvalue weighted by Gasteiger charge is -2.22. The van der Waals surface area contributed by atoms with E-state index in [9.17, 15) is 4.79 Å². The molecule has 2 heterocycles. The van der Waals surface area contributed by atoms with Crippen molar-refractivity contribution in [3.8, 4) is 11.3 Å². The van der Waals surface area contributed by atoms with Crippen LogP contribution in [0.25, 0.3) is 11.3 Å². The molecule has 130 valence electrons. The number of carbonyl (C=O) groups is 1. The summed E-state index contributed by atoms with van der Waals surface area (Å²) in [5.41, 5.74) is 1.86. The van der Waals surface area contributed by atoms with Gasteiger partial charge in [-0.15, -0.1) is 0 Å².